The first-order chi connectivity index (χ1) is 12.3. The molecule has 2 bridgehead atoms. The molecule has 3 N–H and O–H groups in total. The minimum atomic E-state index is -1.21. The largest absolute Gasteiger partial charge is 0.389 e. The van der Waals surface area contributed by atoms with Crippen molar-refractivity contribution in [2.75, 3.05) is 6.61 Å². The highest BCUT2D eigenvalue weighted by atomic mass is 16.6. The lowest BCUT2D eigenvalue weighted by Gasteiger charge is -2.66. The molecule has 0 radical (unpaired) electrons. The number of rotatable bonds is 0. The van der Waals surface area contributed by atoms with Gasteiger partial charge in [0.1, 0.15) is 11.4 Å². The zero-order valence-electron chi connectivity index (χ0n) is 17.4. The molecule has 152 valence electrons. The molecule has 3 fully saturated rings. The Morgan fingerprint density at radius 1 is 1.15 bits per heavy atom. The van der Waals surface area contributed by atoms with Gasteiger partial charge < -0.3 is 20.1 Å². The van der Waals surface area contributed by atoms with Crippen molar-refractivity contribution in [2.24, 2.45) is 28.6 Å². The SMILES string of the molecule is CC1=C2[C@@H](C)C(=O)[C@]3(C)CCC4OCC4(O)C3C(C)C(O)(CC1O)C2(C)C. The number of hydrogen-bond donors (Lipinski definition) is 3. The number of ketones is 1. The second kappa shape index (κ2) is 5.44. The quantitative estimate of drug-likeness (QED) is 0.563. The smallest absolute Gasteiger partial charge is 0.146 e. The van der Waals surface area contributed by atoms with E-state index in [1.807, 2.05) is 41.5 Å². The van der Waals surface area contributed by atoms with E-state index in [1.54, 1.807) is 0 Å². The highest BCUT2D eigenvalue weighted by Gasteiger charge is 2.71. The Kier molecular flexibility index (Phi) is 3.94. The molecule has 0 amide bonds. The molecule has 1 heterocycles. The predicted molar refractivity (Wildman–Crippen MR) is 101 cm³/mol. The van der Waals surface area contributed by atoms with Crippen LogP contribution in [0.15, 0.2) is 11.1 Å². The van der Waals surface area contributed by atoms with E-state index in [0.717, 1.165) is 11.1 Å². The summed E-state index contributed by atoms with van der Waals surface area (Å²) in [6.07, 6.45) is 0.510. The summed E-state index contributed by atoms with van der Waals surface area (Å²) in [5.74, 6) is -1.04. The van der Waals surface area contributed by atoms with E-state index in [2.05, 4.69) is 0 Å². The van der Waals surface area contributed by atoms with Crippen molar-refractivity contribution in [3.05, 3.63) is 11.1 Å². The van der Waals surface area contributed by atoms with Gasteiger partial charge in [-0.2, -0.15) is 0 Å². The number of hydrogen-bond acceptors (Lipinski definition) is 5. The van der Waals surface area contributed by atoms with E-state index in [4.69, 9.17) is 4.74 Å². The molecule has 1 aliphatic heterocycles. The van der Waals surface area contributed by atoms with Gasteiger partial charge in [0, 0.05) is 29.1 Å². The van der Waals surface area contributed by atoms with Crippen LogP contribution in [-0.2, 0) is 9.53 Å². The Balaban J connectivity index is 1.98. The van der Waals surface area contributed by atoms with Crippen LogP contribution in [0.3, 0.4) is 0 Å². The fourth-order valence-electron chi connectivity index (χ4n) is 7.54. The number of aliphatic hydroxyl groups is 3. The molecule has 4 aliphatic rings. The van der Waals surface area contributed by atoms with Crippen LogP contribution in [0.4, 0.5) is 0 Å². The highest BCUT2D eigenvalue weighted by Crippen LogP contribution is 2.64. The minimum absolute atomic E-state index is 0.122. The summed E-state index contributed by atoms with van der Waals surface area (Å²) in [4.78, 5) is 13.8. The molecular formula is C22H34O5. The summed E-state index contributed by atoms with van der Waals surface area (Å²) >= 11 is 0. The van der Waals surface area contributed by atoms with Crippen LogP contribution < -0.4 is 0 Å². The molecule has 4 rings (SSSR count). The summed E-state index contributed by atoms with van der Waals surface area (Å²) in [5.41, 5.74) is -1.99. The third-order valence-corrected chi connectivity index (χ3v) is 9.05. The van der Waals surface area contributed by atoms with Gasteiger partial charge in [-0.25, -0.2) is 0 Å². The normalized spacial score (nSPS) is 54.4. The van der Waals surface area contributed by atoms with E-state index < -0.39 is 40.0 Å². The van der Waals surface area contributed by atoms with Crippen molar-refractivity contribution in [3.63, 3.8) is 0 Å². The van der Waals surface area contributed by atoms with E-state index >= 15 is 0 Å². The van der Waals surface area contributed by atoms with Gasteiger partial charge in [-0.05, 0) is 36.8 Å². The van der Waals surface area contributed by atoms with E-state index in [1.165, 1.54) is 0 Å². The Labute approximate surface area is 161 Å². The molecule has 1 saturated heterocycles. The molecule has 0 spiro atoms. The van der Waals surface area contributed by atoms with Crippen molar-refractivity contribution in [1.29, 1.82) is 0 Å². The van der Waals surface area contributed by atoms with Crippen molar-refractivity contribution in [2.45, 2.75) is 84.2 Å². The van der Waals surface area contributed by atoms with Crippen molar-refractivity contribution in [1.82, 2.24) is 0 Å². The van der Waals surface area contributed by atoms with Crippen molar-refractivity contribution in [3.8, 4) is 0 Å². The number of fused-ring (bicyclic) bond motifs is 5. The molecule has 8 atom stereocenters. The lowest BCUT2D eigenvalue weighted by atomic mass is 9.42. The molecule has 0 aromatic heterocycles. The second-order valence-corrected chi connectivity index (χ2v) is 10.5. The van der Waals surface area contributed by atoms with Gasteiger partial charge in [-0.3, -0.25) is 4.79 Å². The lowest BCUT2D eigenvalue weighted by Crippen LogP contribution is -2.75. The van der Waals surface area contributed by atoms with Crippen LogP contribution >= 0.6 is 0 Å². The molecule has 27 heavy (non-hydrogen) atoms. The number of ether oxygens (including phenoxy) is 1. The Morgan fingerprint density at radius 3 is 2.33 bits per heavy atom. The number of aliphatic hydroxyl groups excluding tert-OH is 1. The number of carbonyl (C=O) groups is 1. The zero-order chi connectivity index (χ0) is 20.2. The van der Waals surface area contributed by atoms with Gasteiger partial charge in [0.15, 0.2) is 0 Å². The summed E-state index contributed by atoms with van der Waals surface area (Å²) in [5, 5.41) is 34.3. The monoisotopic (exact) mass is 378 g/mol. The van der Waals surface area contributed by atoms with E-state index in [-0.39, 0.29) is 30.8 Å². The molecular weight excluding hydrogens is 344 g/mol. The maximum Gasteiger partial charge on any atom is 0.146 e. The van der Waals surface area contributed by atoms with Crippen molar-refractivity contribution < 1.29 is 24.9 Å². The average molecular weight is 379 g/mol. The van der Waals surface area contributed by atoms with E-state index in [9.17, 15) is 20.1 Å². The molecule has 0 aromatic carbocycles. The van der Waals surface area contributed by atoms with Gasteiger partial charge in [0.2, 0.25) is 0 Å². The van der Waals surface area contributed by atoms with Crippen LogP contribution in [0, 0.1) is 28.6 Å². The number of carbonyl (C=O) groups excluding carboxylic acids is 1. The first-order valence-corrected chi connectivity index (χ1v) is 10.3. The van der Waals surface area contributed by atoms with Crippen LogP contribution in [0.25, 0.3) is 0 Å². The molecule has 0 aromatic rings. The summed E-state index contributed by atoms with van der Waals surface area (Å²) in [6.45, 7) is 11.9. The molecule has 5 heteroatoms. The van der Waals surface area contributed by atoms with Gasteiger partial charge in [0.25, 0.3) is 0 Å². The maximum absolute atomic E-state index is 13.8. The minimum Gasteiger partial charge on any atom is -0.389 e. The van der Waals surface area contributed by atoms with Gasteiger partial charge in [-0.1, -0.05) is 34.6 Å². The summed E-state index contributed by atoms with van der Waals surface area (Å²) in [7, 11) is 0. The maximum atomic E-state index is 13.8. The summed E-state index contributed by atoms with van der Waals surface area (Å²) < 4.78 is 5.64. The Bertz CT molecular complexity index is 726. The molecule has 5 nitrogen and oxygen atoms in total. The number of Topliss-reactive ketones (excluding diaryl/α,β-unsaturated/α-hetero) is 1. The first-order valence-electron chi connectivity index (χ1n) is 10.3. The fourth-order valence-corrected chi connectivity index (χ4v) is 7.54. The average Bonchev–Trinajstić information content (AvgIpc) is 2.56. The third kappa shape index (κ3) is 2.07. The Hall–Kier alpha value is -0.750. The van der Waals surface area contributed by atoms with Gasteiger partial charge >= 0.3 is 0 Å². The van der Waals surface area contributed by atoms with Crippen molar-refractivity contribution >= 4 is 5.78 Å². The van der Waals surface area contributed by atoms with E-state index in [0.29, 0.717) is 12.8 Å². The van der Waals surface area contributed by atoms with Gasteiger partial charge in [-0.15, -0.1) is 0 Å². The second-order valence-electron chi connectivity index (χ2n) is 10.5. The zero-order valence-corrected chi connectivity index (χ0v) is 17.4. The van der Waals surface area contributed by atoms with Gasteiger partial charge in [0.05, 0.1) is 24.4 Å². The first kappa shape index (κ1) is 19.6. The highest BCUT2D eigenvalue weighted by molar-refractivity contribution is 5.90. The predicted octanol–water partition coefficient (Wildman–Crippen LogP) is 2.23. The molecule has 2 saturated carbocycles. The van der Waals surface area contributed by atoms with Crippen LogP contribution in [-0.4, -0.2) is 51.1 Å². The summed E-state index contributed by atoms with van der Waals surface area (Å²) in [6, 6.07) is 0. The molecule has 6 unspecified atom stereocenters. The topological polar surface area (TPSA) is 87.0 Å². The Morgan fingerprint density at radius 2 is 1.78 bits per heavy atom. The third-order valence-electron chi connectivity index (χ3n) is 9.05. The molecule has 3 aliphatic carbocycles. The standard InChI is InChI=1S/C22H34O5/c1-11-14(23)9-22(26)13(3)17-20(6,8-7-15-21(17,25)10-27-15)18(24)12(2)16(11)19(22,4)5/h12-15,17,23,25-26H,7-10H2,1-6H3/t12-,13?,14?,15?,17?,20-,21?,22?/m1/s1. The van der Waals surface area contributed by atoms with Crippen LogP contribution in [0.5, 0.6) is 0 Å². The fraction of sp³-hybridized carbons (Fsp3) is 0.864. The van der Waals surface area contributed by atoms with Crippen LogP contribution in [0.2, 0.25) is 0 Å². The van der Waals surface area contributed by atoms with Crippen LogP contribution in [0.1, 0.15) is 60.8 Å². The lowest BCUT2D eigenvalue weighted by molar-refractivity contribution is -0.319.